The second kappa shape index (κ2) is 7.07. The molecule has 92 valence electrons. The highest BCUT2D eigenvalue weighted by Crippen LogP contribution is 2.20. The first-order valence-corrected chi connectivity index (χ1v) is 6.50. The molecular formula is C14H19NOS. The number of ether oxygens (including phenoxy) is 1. The molecule has 2 nitrogen and oxygen atoms in total. The maximum Gasteiger partial charge on any atom is 0.118 e. The van der Waals surface area contributed by atoms with E-state index in [1.807, 2.05) is 38.1 Å². The number of benzene rings is 1. The van der Waals surface area contributed by atoms with Gasteiger partial charge in [0.1, 0.15) is 5.75 Å². The average Bonchev–Trinajstić information content (AvgIpc) is 2.36. The van der Waals surface area contributed by atoms with Crippen LogP contribution in [0.4, 0.5) is 0 Å². The van der Waals surface area contributed by atoms with Crippen molar-refractivity contribution in [3.63, 3.8) is 0 Å². The van der Waals surface area contributed by atoms with Crippen LogP contribution >= 0.6 is 11.8 Å². The van der Waals surface area contributed by atoms with Gasteiger partial charge in [-0.2, -0.15) is 0 Å². The summed E-state index contributed by atoms with van der Waals surface area (Å²) in [5.74, 6) is 1.76. The minimum Gasteiger partial charge on any atom is -0.497 e. The Kier molecular flexibility index (Phi) is 5.70. The van der Waals surface area contributed by atoms with E-state index in [1.165, 1.54) is 11.1 Å². The van der Waals surface area contributed by atoms with E-state index in [2.05, 4.69) is 12.1 Å². The highest BCUT2D eigenvalue weighted by Gasteiger charge is 1.97. The third kappa shape index (κ3) is 5.00. The van der Waals surface area contributed by atoms with Crippen LogP contribution in [-0.2, 0) is 5.75 Å². The molecule has 0 aliphatic carbocycles. The van der Waals surface area contributed by atoms with Crippen LogP contribution in [0.2, 0.25) is 0 Å². The Labute approximate surface area is 108 Å². The van der Waals surface area contributed by atoms with Crippen LogP contribution in [0.5, 0.6) is 5.75 Å². The maximum atomic E-state index is 5.91. The van der Waals surface area contributed by atoms with Crippen LogP contribution in [0.3, 0.4) is 0 Å². The standard InChI is InChI=1S/C14H19NOS/c1-4-11(2)9-14(15)17-10-12-5-7-13(16-3)8-6-12/h4-9H,10,15H2,1-3H3/b11-4-,14-9+. The summed E-state index contributed by atoms with van der Waals surface area (Å²) in [6.45, 7) is 4.05. The molecule has 0 fully saturated rings. The summed E-state index contributed by atoms with van der Waals surface area (Å²) in [6.07, 6.45) is 4.04. The van der Waals surface area contributed by atoms with Gasteiger partial charge in [0, 0.05) is 5.75 Å². The van der Waals surface area contributed by atoms with Crippen LogP contribution in [0.25, 0.3) is 0 Å². The molecule has 0 amide bonds. The summed E-state index contributed by atoms with van der Waals surface area (Å²) in [6, 6.07) is 8.04. The molecule has 17 heavy (non-hydrogen) atoms. The molecule has 0 unspecified atom stereocenters. The van der Waals surface area contributed by atoms with Crippen molar-refractivity contribution in [2.45, 2.75) is 19.6 Å². The average molecular weight is 249 g/mol. The highest BCUT2D eigenvalue weighted by molar-refractivity contribution is 8.02. The van der Waals surface area contributed by atoms with Crippen molar-refractivity contribution in [2.75, 3.05) is 7.11 Å². The predicted octanol–water partition coefficient (Wildman–Crippen LogP) is 3.69. The molecule has 0 atom stereocenters. The lowest BCUT2D eigenvalue weighted by atomic mass is 10.2. The third-order valence-electron chi connectivity index (χ3n) is 2.39. The van der Waals surface area contributed by atoms with E-state index < -0.39 is 0 Å². The molecule has 0 heterocycles. The number of allylic oxidation sites excluding steroid dienone is 3. The highest BCUT2D eigenvalue weighted by atomic mass is 32.2. The van der Waals surface area contributed by atoms with E-state index in [-0.39, 0.29) is 0 Å². The summed E-state index contributed by atoms with van der Waals surface area (Å²) in [5.41, 5.74) is 8.34. The SMILES string of the molecule is C/C=C(C)\C=C(/N)SCc1ccc(OC)cc1. The molecule has 1 rings (SSSR count). The molecule has 0 saturated carbocycles. The summed E-state index contributed by atoms with van der Waals surface area (Å²) in [7, 11) is 1.67. The zero-order chi connectivity index (χ0) is 12.7. The molecule has 0 aromatic heterocycles. The lowest BCUT2D eigenvalue weighted by Crippen LogP contribution is -1.93. The molecule has 3 heteroatoms. The van der Waals surface area contributed by atoms with Gasteiger partial charge in [-0.15, -0.1) is 11.8 Å². The molecular weight excluding hydrogens is 230 g/mol. The molecule has 0 aliphatic heterocycles. The van der Waals surface area contributed by atoms with Crippen molar-refractivity contribution < 1.29 is 4.74 Å². The van der Waals surface area contributed by atoms with Crippen LogP contribution in [0, 0.1) is 0 Å². The van der Waals surface area contributed by atoms with E-state index >= 15 is 0 Å². The number of hydrogen-bond donors (Lipinski definition) is 1. The molecule has 1 aromatic rings. The Morgan fingerprint density at radius 3 is 2.53 bits per heavy atom. The van der Waals surface area contributed by atoms with E-state index in [0.717, 1.165) is 16.5 Å². The molecule has 0 radical (unpaired) electrons. The lowest BCUT2D eigenvalue weighted by molar-refractivity contribution is 0.414. The number of nitrogens with two attached hydrogens (primary N) is 1. The minimum atomic E-state index is 0.844. The van der Waals surface area contributed by atoms with Gasteiger partial charge in [0.05, 0.1) is 12.1 Å². The van der Waals surface area contributed by atoms with Crippen molar-refractivity contribution in [1.82, 2.24) is 0 Å². The Morgan fingerprint density at radius 1 is 1.35 bits per heavy atom. The Balaban J connectivity index is 2.52. The van der Waals surface area contributed by atoms with Gasteiger partial charge in [0.15, 0.2) is 0 Å². The molecule has 1 aromatic carbocycles. The normalized spacial score (nSPS) is 12.6. The van der Waals surface area contributed by atoms with Crippen LogP contribution in [0.1, 0.15) is 19.4 Å². The smallest absolute Gasteiger partial charge is 0.118 e. The Hall–Kier alpha value is -1.35. The summed E-state index contributed by atoms with van der Waals surface area (Å²) >= 11 is 1.64. The van der Waals surface area contributed by atoms with E-state index in [4.69, 9.17) is 10.5 Å². The molecule has 0 saturated heterocycles. The second-order valence-corrected chi connectivity index (χ2v) is 4.76. The van der Waals surface area contributed by atoms with Gasteiger partial charge >= 0.3 is 0 Å². The minimum absolute atomic E-state index is 0.844. The first-order chi connectivity index (χ1) is 8.15. The lowest BCUT2D eigenvalue weighted by Gasteiger charge is -2.04. The zero-order valence-corrected chi connectivity index (χ0v) is 11.4. The topological polar surface area (TPSA) is 35.2 Å². The fourth-order valence-corrected chi connectivity index (χ4v) is 2.03. The van der Waals surface area contributed by atoms with Crippen LogP contribution in [0.15, 0.2) is 47.0 Å². The second-order valence-electron chi connectivity index (χ2n) is 3.72. The van der Waals surface area contributed by atoms with Crippen molar-refractivity contribution >= 4 is 11.8 Å². The van der Waals surface area contributed by atoms with Gasteiger partial charge in [-0.3, -0.25) is 0 Å². The Bertz CT molecular complexity index is 407. The van der Waals surface area contributed by atoms with E-state index in [9.17, 15) is 0 Å². The van der Waals surface area contributed by atoms with Crippen LogP contribution < -0.4 is 10.5 Å². The van der Waals surface area contributed by atoms with E-state index in [0.29, 0.717) is 0 Å². The number of hydrogen-bond acceptors (Lipinski definition) is 3. The van der Waals surface area contributed by atoms with Gasteiger partial charge in [0.25, 0.3) is 0 Å². The molecule has 2 N–H and O–H groups in total. The largest absolute Gasteiger partial charge is 0.497 e. The van der Waals surface area contributed by atoms with Crippen molar-refractivity contribution in [3.8, 4) is 5.75 Å². The summed E-state index contributed by atoms with van der Waals surface area (Å²) < 4.78 is 5.11. The monoisotopic (exact) mass is 249 g/mol. The molecule has 0 bridgehead atoms. The first-order valence-electron chi connectivity index (χ1n) is 5.51. The number of thioether (sulfide) groups is 1. The quantitative estimate of drug-likeness (QED) is 0.808. The van der Waals surface area contributed by atoms with Gasteiger partial charge in [0.2, 0.25) is 0 Å². The zero-order valence-electron chi connectivity index (χ0n) is 10.6. The fourth-order valence-electron chi connectivity index (χ4n) is 1.24. The van der Waals surface area contributed by atoms with Crippen LogP contribution in [-0.4, -0.2) is 7.11 Å². The predicted molar refractivity (Wildman–Crippen MR) is 76.0 cm³/mol. The van der Waals surface area contributed by atoms with Crippen molar-refractivity contribution in [2.24, 2.45) is 5.73 Å². The molecule has 0 aliphatic rings. The number of rotatable bonds is 5. The summed E-state index contributed by atoms with van der Waals surface area (Å²) in [4.78, 5) is 0. The first kappa shape index (κ1) is 13.7. The van der Waals surface area contributed by atoms with Crippen molar-refractivity contribution in [1.29, 1.82) is 0 Å². The summed E-state index contributed by atoms with van der Waals surface area (Å²) in [5, 5.41) is 0.844. The van der Waals surface area contributed by atoms with Gasteiger partial charge in [-0.25, -0.2) is 0 Å². The maximum absolute atomic E-state index is 5.91. The van der Waals surface area contributed by atoms with Gasteiger partial charge in [-0.05, 0) is 37.6 Å². The van der Waals surface area contributed by atoms with Crippen molar-refractivity contribution in [3.05, 3.63) is 52.6 Å². The van der Waals surface area contributed by atoms with E-state index in [1.54, 1.807) is 18.9 Å². The van der Waals surface area contributed by atoms with Gasteiger partial charge < -0.3 is 10.5 Å². The Morgan fingerprint density at radius 2 is 2.00 bits per heavy atom. The third-order valence-corrected chi connectivity index (χ3v) is 3.32. The molecule has 0 spiro atoms. The van der Waals surface area contributed by atoms with Gasteiger partial charge in [-0.1, -0.05) is 23.8 Å². The number of methoxy groups -OCH3 is 1. The fraction of sp³-hybridized carbons (Fsp3) is 0.286.